The highest BCUT2D eigenvalue weighted by Crippen LogP contribution is 2.37. The van der Waals surface area contributed by atoms with Crippen molar-refractivity contribution in [2.45, 2.75) is 92.2 Å². The molecule has 1 aliphatic rings. The lowest BCUT2D eigenvalue weighted by Crippen LogP contribution is -2.51. The number of hydrogen-bond acceptors (Lipinski definition) is 2. The van der Waals surface area contributed by atoms with Crippen molar-refractivity contribution < 1.29 is 0 Å². The Balaban J connectivity index is 2.75. The van der Waals surface area contributed by atoms with Crippen molar-refractivity contribution in [3.8, 4) is 0 Å². The monoisotopic (exact) mass is 296 g/mol. The Labute approximate surface area is 134 Å². The van der Waals surface area contributed by atoms with Crippen LogP contribution >= 0.6 is 0 Å². The van der Waals surface area contributed by atoms with Gasteiger partial charge in [-0.05, 0) is 58.8 Å². The fraction of sp³-hybridized carbons (Fsp3) is 1.00. The summed E-state index contributed by atoms with van der Waals surface area (Å²) in [6, 6.07) is 0.654. The van der Waals surface area contributed by atoms with Gasteiger partial charge in [-0.15, -0.1) is 0 Å². The summed E-state index contributed by atoms with van der Waals surface area (Å²) < 4.78 is 0. The third-order valence-electron chi connectivity index (χ3n) is 4.78. The van der Waals surface area contributed by atoms with Crippen molar-refractivity contribution >= 4 is 0 Å². The molecule has 21 heavy (non-hydrogen) atoms. The molecule has 2 nitrogen and oxygen atoms in total. The van der Waals surface area contributed by atoms with Gasteiger partial charge in [-0.1, -0.05) is 33.1 Å². The summed E-state index contributed by atoms with van der Waals surface area (Å²) >= 11 is 0. The topological polar surface area (TPSA) is 15.3 Å². The zero-order chi connectivity index (χ0) is 16.1. The fourth-order valence-corrected chi connectivity index (χ4v) is 3.50. The Kier molecular flexibility index (Phi) is 7.19. The molecule has 0 bridgehead atoms. The number of hydrogen-bond donors (Lipinski definition) is 1. The summed E-state index contributed by atoms with van der Waals surface area (Å²) in [6.07, 6.45) is 7.07. The second-order valence-electron chi connectivity index (χ2n) is 9.08. The van der Waals surface area contributed by atoms with E-state index in [4.69, 9.17) is 0 Å². The normalized spacial score (nSPS) is 19.7. The molecule has 1 saturated carbocycles. The molecule has 0 atom stereocenters. The van der Waals surface area contributed by atoms with E-state index in [1.807, 2.05) is 0 Å². The van der Waals surface area contributed by atoms with Gasteiger partial charge < -0.3 is 10.2 Å². The molecular formula is C19H40N2. The van der Waals surface area contributed by atoms with Crippen LogP contribution in [0.15, 0.2) is 0 Å². The van der Waals surface area contributed by atoms with E-state index in [0.717, 1.165) is 5.92 Å². The molecule has 2 heteroatoms. The summed E-state index contributed by atoms with van der Waals surface area (Å²) in [5.41, 5.74) is 0.718. The van der Waals surface area contributed by atoms with E-state index in [9.17, 15) is 0 Å². The molecule has 0 aromatic heterocycles. The number of nitrogens with zero attached hydrogens (tertiary/aromatic N) is 1. The Bertz CT molecular complexity index is 282. The zero-order valence-electron chi connectivity index (χ0n) is 15.8. The highest BCUT2D eigenvalue weighted by Gasteiger charge is 2.35. The van der Waals surface area contributed by atoms with Crippen LogP contribution in [-0.4, -0.2) is 36.1 Å². The average molecular weight is 297 g/mol. The first kappa shape index (κ1) is 19.0. The molecule has 1 N–H and O–H groups in total. The molecule has 1 rings (SSSR count). The minimum absolute atomic E-state index is 0.227. The van der Waals surface area contributed by atoms with Gasteiger partial charge in [0.05, 0.1) is 0 Å². The van der Waals surface area contributed by atoms with Crippen molar-refractivity contribution in [3.63, 3.8) is 0 Å². The third kappa shape index (κ3) is 7.15. The van der Waals surface area contributed by atoms with Gasteiger partial charge in [0.25, 0.3) is 0 Å². The number of nitrogens with one attached hydrogen (secondary N) is 1. The molecule has 1 aliphatic carbocycles. The minimum atomic E-state index is 0.227. The average Bonchev–Trinajstić information content (AvgIpc) is 2.35. The molecule has 1 fully saturated rings. The summed E-state index contributed by atoms with van der Waals surface area (Å²) in [5, 5.41) is 3.80. The first-order valence-electron chi connectivity index (χ1n) is 9.13. The highest BCUT2D eigenvalue weighted by atomic mass is 15.2. The van der Waals surface area contributed by atoms with Gasteiger partial charge in [0.2, 0.25) is 0 Å². The van der Waals surface area contributed by atoms with Crippen LogP contribution < -0.4 is 5.32 Å². The molecule has 0 radical (unpaired) electrons. The van der Waals surface area contributed by atoms with Gasteiger partial charge in [0, 0.05) is 31.2 Å². The van der Waals surface area contributed by atoms with Crippen LogP contribution in [0.25, 0.3) is 0 Å². The summed E-state index contributed by atoms with van der Waals surface area (Å²) in [4.78, 5) is 2.72. The van der Waals surface area contributed by atoms with Gasteiger partial charge in [-0.2, -0.15) is 0 Å². The molecule has 0 aromatic carbocycles. The van der Waals surface area contributed by atoms with Crippen molar-refractivity contribution in [1.29, 1.82) is 0 Å². The van der Waals surface area contributed by atoms with Crippen LogP contribution in [0.3, 0.4) is 0 Å². The second kappa shape index (κ2) is 7.97. The highest BCUT2D eigenvalue weighted by molar-refractivity contribution is 4.90. The molecule has 0 aromatic rings. The van der Waals surface area contributed by atoms with E-state index in [2.05, 4.69) is 58.7 Å². The van der Waals surface area contributed by atoms with E-state index >= 15 is 0 Å². The zero-order valence-corrected chi connectivity index (χ0v) is 15.8. The molecule has 0 spiro atoms. The first-order valence-corrected chi connectivity index (χ1v) is 9.13. The predicted molar refractivity (Wildman–Crippen MR) is 94.8 cm³/mol. The molecule has 0 unspecified atom stereocenters. The minimum Gasteiger partial charge on any atom is -0.311 e. The maximum Gasteiger partial charge on any atom is 0.00967 e. The second-order valence-corrected chi connectivity index (χ2v) is 9.08. The van der Waals surface area contributed by atoms with E-state index in [0.29, 0.717) is 11.5 Å². The Morgan fingerprint density at radius 2 is 1.57 bits per heavy atom. The molecule has 0 saturated heterocycles. The van der Waals surface area contributed by atoms with E-state index < -0.39 is 0 Å². The largest absolute Gasteiger partial charge is 0.311 e. The molecule has 0 aliphatic heterocycles. The maximum atomic E-state index is 3.80. The lowest BCUT2D eigenvalue weighted by Gasteiger charge is -2.44. The van der Waals surface area contributed by atoms with Crippen LogP contribution in [0.4, 0.5) is 0 Å². The van der Waals surface area contributed by atoms with Gasteiger partial charge >= 0.3 is 0 Å². The maximum absolute atomic E-state index is 3.80. The fourth-order valence-electron chi connectivity index (χ4n) is 3.50. The van der Waals surface area contributed by atoms with Gasteiger partial charge in [0.1, 0.15) is 0 Å². The van der Waals surface area contributed by atoms with Gasteiger partial charge in [0.15, 0.2) is 0 Å². The van der Waals surface area contributed by atoms with Gasteiger partial charge in [-0.3, -0.25) is 0 Å². The number of rotatable bonds is 7. The molecular weight excluding hydrogens is 256 g/mol. The van der Waals surface area contributed by atoms with Crippen LogP contribution in [0.2, 0.25) is 0 Å². The predicted octanol–water partition coefficient (Wildman–Crippen LogP) is 4.69. The summed E-state index contributed by atoms with van der Waals surface area (Å²) in [6.45, 7) is 19.9. The standard InChI is InChI=1S/C19H40N2/c1-16(2)13-21(17(3)4)15-19(11-9-8-10-12-19)14-20-18(5,6)7/h16-17,20H,8-15H2,1-7H3. The Morgan fingerprint density at radius 1 is 1.00 bits per heavy atom. The van der Waals surface area contributed by atoms with Crippen molar-refractivity contribution in [2.24, 2.45) is 11.3 Å². The van der Waals surface area contributed by atoms with Crippen LogP contribution in [0.5, 0.6) is 0 Å². The van der Waals surface area contributed by atoms with E-state index in [1.165, 1.54) is 51.7 Å². The Morgan fingerprint density at radius 3 is 2.00 bits per heavy atom. The van der Waals surface area contributed by atoms with Crippen LogP contribution in [0, 0.1) is 11.3 Å². The van der Waals surface area contributed by atoms with E-state index in [-0.39, 0.29) is 5.54 Å². The smallest absolute Gasteiger partial charge is 0.00967 e. The van der Waals surface area contributed by atoms with Crippen molar-refractivity contribution in [3.05, 3.63) is 0 Å². The lowest BCUT2D eigenvalue weighted by atomic mass is 9.73. The quantitative estimate of drug-likeness (QED) is 0.733. The Hall–Kier alpha value is -0.0800. The third-order valence-corrected chi connectivity index (χ3v) is 4.78. The van der Waals surface area contributed by atoms with E-state index in [1.54, 1.807) is 0 Å². The summed E-state index contributed by atoms with van der Waals surface area (Å²) in [7, 11) is 0. The molecule has 126 valence electrons. The molecule has 0 amide bonds. The van der Waals surface area contributed by atoms with Crippen LogP contribution in [0.1, 0.15) is 80.6 Å². The van der Waals surface area contributed by atoms with Crippen molar-refractivity contribution in [2.75, 3.05) is 19.6 Å². The lowest BCUT2D eigenvalue weighted by molar-refractivity contribution is 0.0701. The SMILES string of the molecule is CC(C)CN(CC1(CNC(C)(C)C)CCCCC1)C(C)C. The molecule has 0 heterocycles. The van der Waals surface area contributed by atoms with Crippen LogP contribution in [-0.2, 0) is 0 Å². The van der Waals surface area contributed by atoms with Gasteiger partial charge in [-0.25, -0.2) is 0 Å². The summed E-state index contributed by atoms with van der Waals surface area (Å²) in [5.74, 6) is 0.753. The van der Waals surface area contributed by atoms with Crippen molar-refractivity contribution in [1.82, 2.24) is 10.2 Å². The first-order chi connectivity index (χ1) is 9.64.